The van der Waals surface area contributed by atoms with Gasteiger partial charge in [0.2, 0.25) is 29.5 Å². The van der Waals surface area contributed by atoms with E-state index in [0.717, 1.165) is 31.4 Å². The van der Waals surface area contributed by atoms with Crippen LogP contribution in [0.15, 0.2) is 30.3 Å². The maximum atomic E-state index is 11.5. The van der Waals surface area contributed by atoms with Crippen LogP contribution in [0.5, 0.6) is 0 Å². The van der Waals surface area contributed by atoms with Crippen LogP contribution < -0.4 is 115 Å². The van der Waals surface area contributed by atoms with E-state index in [1.807, 2.05) is 134 Å². The quantitative estimate of drug-likeness (QED) is 0.0483. The van der Waals surface area contributed by atoms with Gasteiger partial charge in [0.25, 0.3) is 0 Å². The molecule has 23 nitrogen and oxygen atoms in total. The number of para-hydroxylation sites is 1. The van der Waals surface area contributed by atoms with E-state index in [2.05, 4.69) is 36.1 Å². The summed E-state index contributed by atoms with van der Waals surface area (Å²) in [5, 5.41) is 13.3. The zero-order chi connectivity index (χ0) is 69.6. The van der Waals surface area contributed by atoms with Crippen LogP contribution in [0.2, 0.25) is 0 Å². The van der Waals surface area contributed by atoms with Gasteiger partial charge < -0.3 is 49.7 Å². The van der Waals surface area contributed by atoms with E-state index in [1.165, 1.54) is 55.8 Å². The number of esters is 2. The van der Waals surface area contributed by atoms with Crippen molar-refractivity contribution in [1.82, 2.24) is 21.3 Å². The molecule has 0 bridgehead atoms. The molecule has 0 fully saturated rings. The smallest absolute Gasteiger partial charge is 0.748 e. The van der Waals surface area contributed by atoms with Crippen molar-refractivity contribution in [2.24, 2.45) is 40.4 Å². The van der Waals surface area contributed by atoms with Crippen LogP contribution in [0.4, 0.5) is 5.69 Å². The zero-order valence-electron chi connectivity index (χ0n) is 60.0. The van der Waals surface area contributed by atoms with E-state index in [4.69, 9.17) is 0 Å². The van der Waals surface area contributed by atoms with Gasteiger partial charge in [-0.1, -0.05) is 101 Å². The van der Waals surface area contributed by atoms with Crippen LogP contribution in [-0.4, -0.2) is 135 Å². The Morgan fingerprint density at radius 3 is 0.820 bits per heavy atom. The van der Waals surface area contributed by atoms with Crippen molar-refractivity contribution < 1.29 is 171 Å². The number of hydrogen-bond acceptors (Lipinski definition) is 18. The fraction of sp³-hybridized carbons (Fsp3) is 0.783. The SMILES string of the molecule is CCC(C)(C)C(=O)OC.CCC(C)(C)C(=O)OC.CCC(C)C(=O)NC(C)(C)CS(=O)(=O)[O-].CCC(C)C(=O)NC(C)(C)CS(=O)(=O)[O-].CCC(C)C(=O)NC(C)(C)CS(=O)(=O)[O-].CCC(C)C(=O)NC(C)C.CCC(C)C(=O)Nc1ccccc1.[Na+].[Na+].[Na+]. The summed E-state index contributed by atoms with van der Waals surface area (Å²) in [4.78, 5) is 78.6. The van der Waals surface area contributed by atoms with Crippen LogP contribution in [0, 0.1) is 40.4 Å². The predicted molar refractivity (Wildman–Crippen MR) is 338 cm³/mol. The molecule has 29 heteroatoms. The minimum atomic E-state index is -4.32. The molecule has 0 heterocycles. The Labute approximate surface area is 604 Å². The third-order valence-corrected chi connectivity index (χ3v) is 16.2. The first kappa shape index (κ1) is 106. The molecule has 0 aliphatic heterocycles. The van der Waals surface area contributed by atoms with Crippen LogP contribution in [0.3, 0.4) is 0 Å². The molecule has 0 saturated heterocycles. The van der Waals surface area contributed by atoms with Crippen LogP contribution in [0.25, 0.3) is 0 Å². The third-order valence-electron chi connectivity index (χ3n) is 13.0. The summed E-state index contributed by atoms with van der Waals surface area (Å²) in [6.07, 6.45) is 5.45. The second kappa shape index (κ2) is 51.6. The van der Waals surface area contributed by atoms with Gasteiger partial charge >= 0.3 is 101 Å². The largest absolute Gasteiger partial charge is 1.00 e. The average molecular weight is 1360 g/mol. The van der Waals surface area contributed by atoms with Gasteiger partial charge in [-0.2, -0.15) is 0 Å². The zero-order valence-corrected chi connectivity index (χ0v) is 68.4. The Balaban J connectivity index is -0.000000120. The number of rotatable bonds is 25. The fourth-order valence-electron chi connectivity index (χ4n) is 5.79. The molecule has 5 N–H and O–H groups in total. The van der Waals surface area contributed by atoms with Crippen molar-refractivity contribution >= 4 is 77.5 Å². The van der Waals surface area contributed by atoms with Gasteiger partial charge in [-0.25, -0.2) is 25.3 Å². The second-order valence-corrected chi connectivity index (χ2v) is 29.0. The molecule has 0 aliphatic carbocycles. The number of ether oxygens (including phenoxy) is 2. The average Bonchev–Trinajstić information content (AvgIpc) is 3.37. The van der Waals surface area contributed by atoms with Crippen molar-refractivity contribution in [3.63, 3.8) is 0 Å². The molecule has 0 spiro atoms. The van der Waals surface area contributed by atoms with Gasteiger partial charge in [0.1, 0.15) is 0 Å². The van der Waals surface area contributed by atoms with Gasteiger partial charge in [-0.15, -0.1) is 0 Å². The minimum absolute atomic E-state index is 0. The number of hydrogen-bond donors (Lipinski definition) is 5. The molecule has 5 amide bonds. The Morgan fingerprint density at radius 2 is 0.640 bits per heavy atom. The summed E-state index contributed by atoms with van der Waals surface area (Å²) >= 11 is 0. The number of carbonyl (C=O) groups excluding carboxylic acids is 7. The third kappa shape index (κ3) is 62.1. The van der Waals surface area contributed by atoms with Gasteiger partial charge in [0.05, 0.1) is 72.7 Å². The van der Waals surface area contributed by atoms with Gasteiger partial charge in [-0.05, 0) is 140 Å². The first-order valence-corrected chi connectivity index (χ1v) is 33.9. The first-order valence-electron chi connectivity index (χ1n) is 29.2. The van der Waals surface area contributed by atoms with Gasteiger partial charge in [0.15, 0.2) is 0 Å². The Kier molecular flexibility index (Phi) is 61.4. The predicted octanol–water partition coefficient (Wildman–Crippen LogP) is -0.151. The van der Waals surface area contributed by atoms with E-state index in [1.54, 1.807) is 20.8 Å². The summed E-state index contributed by atoms with van der Waals surface area (Å²) in [5.74, 6) is -2.80. The summed E-state index contributed by atoms with van der Waals surface area (Å²) < 4.78 is 104. The van der Waals surface area contributed by atoms with Gasteiger partial charge in [-0.3, -0.25) is 33.6 Å². The van der Waals surface area contributed by atoms with Crippen molar-refractivity contribution in [1.29, 1.82) is 0 Å². The van der Waals surface area contributed by atoms with Crippen molar-refractivity contribution in [3.05, 3.63) is 30.3 Å². The maximum absolute atomic E-state index is 11.5. The summed E-state index contributed by atoms with van der Waals surface area (Å²) in [5.41, 5.74) is -2.79. The number of anilines is 1. The molecule has 0 aliphatic rings. The van der Waals surface area contributed by atoms with E-state index < -0.39 is 64.2 Å². The van der Waals surface area contributed by atoms with E-state index in [-0.39, 0.29) is 177 Å². The van der Waals surface area contributed by atoms with E-state index in [0.29, 0.717) is 19.3 Å². The Hall–Kier alpha value is -1.76. The van der Waals surface area contributed by atoms with Crippen molar-refractivity contribution in [2.45, 2.75) is 234 Å². The Morgan fingerprint density at radius 1 is 0.416 bits per heavy atom. The maximum Gasteiger partial charge on any atom is 1.00 e. The summed E-state index contributed by atoms with van der Waals surface area (Å²) in [6.45, 7) is 43.2. The van der Waals surface area contributed by atoms with Crippen molar-refractivity contribution in [2.75, 3.05) is 36.8 Å². The summed E-state index contributed by atoms with van der Waals surface area (Å²) in [7, 11) is -10.1. The van der Waals surface area contributed by atoms with E-state index >= 15 is 0 Å². The van der Waals surface area contributed by atoms with Crippen LogP contribution in [0.1, 0.15) is 211 Å². The molecule has 5 atom stereocenters. The number of benzene rings is 1. The number of carbonyl (C=O) groups is 7. The Bertz CT molecular complexity index is 2320. The molecular weight excluding hydrogens is 1240 g/mol. The van der Waals surface area contributed by atoms with Crippen LogP contribution >= 0.6 is 0 Å². The monoisotopic (exact) mass is 1360 g/mol. The molecule has 1 aromatic rings. The van der Waals surface area contributed by atoms with E-state index in [9.17, 15) is 72.5 Å². The normalized spacial score (nSPS) is 13.0. The second-order valence-electron chi connectivity index (χ2n) is 24.7. The molecule has 89 heavy (non-hydrogen) atoms. The van der Waals surface area contributed by atoms with Gasteiger partial charge in [0, 0.05) is 57.9 Å². The number of amides is 5. The first-order chi connectivity index (χ1) is 38.6. The molecule has 1 aromatic carbocycles. The molecule has 0 aromatic heterocycles. The molecule has 0 saturated carbocycles. The minimum Gasteiger partial charge on any atom is -0.748 e. The molecule has 5 unspecified atom stereocenters. The summed E-state index contributed by atoms with van der Waals surface area (Å²) in [6, 6.07) is 9.79. The van der Waals surface area contributed by atoms with Crippen molar-refractivity contribution in [3.8, 4) is 0 Å². The molecular formula is C60H114N5Na3O18S3. The fourth-order valence-corrected chi connectivity index (χ4v) is 8.65. The standard InChI is InChI=1S/C11H15NO.3C9H19NO4S.C8H17NO.2C7H14O2.3Na/c1-3-9(2)11(13)12-10-7-5-4-6-8-10;3*1-5-7(2)8(11)10-9(3,4)6-15(12,13)14;1-5-7(4)8(10)9-6(2)3;2*1-5-7(2,3)6(8)9-4;;;/h4-9H,3H2,1-2H3,(H,12,13);3*7H,5-6H2,1-4H3,(H,10,11)(H,12,13,14);6-7H,5H2,1-4H3,(H,9,10);2*5H2,1-4H3;;;/q;;;;;;;3*+1/p-3. The topological polar surface area (TPSA) is 370 Å². The number of nitrogens with one attached hydrogen (secondary N) is 5. The molecule has 0 radical (unpaired) electrons. The van der Waals surface area contributed by atoms with Crippen LogP contribution in [-0.2, 0) is 73.4 Å². The molecule has 1 rings (SSSR count). The molecule has 508 valence electrons. The number of methoxy groups -OCH3 is 2.